The van der Waals surface area contributed by atoms with Crippen LogP contribution in [0.5, 0.6) is 0 Å². The molecule has 250 valence electrons. The normalized spacial score (nSPS) is 25.0. The van der Waals surface area contributed by atoms with Crippen molar-refractivity contribution in [1.29, 1.82) is 0 Å². The zero-order chi connectivity index (χ0) is 33.1. The van der Waals surface area contributed by atoms with Crippen LogP contribution in [0.4, 0.5) is 0 Å². The van der Waals surface area contributed by atoms with Crippen LogP contribution in [-0.4, -0.2) is 103 Å². The Kier molecular flexibility index (Phi) is 11.7. The summed E-state index contributed by atoms with van der Waals surface area (Å²) in [5.74, 6) is -1.40. The van der Waals surface area contributed by atoms with E-state index >= 15 is 0 Å². The summed E-state index contributed by atoms with van der Waals surface area (Å²) in [6.07, 6.45) is 5.35. The second-order valence-electron chi connectivity index (χ2n) is 14.2. The van der Waals surface area contributed by atoms with E-state index in [1.165, 1.54) is 5.57 Å². The molecule has 2 aliphatic carbocycles. The van der Waals surface area contributed by atoms with E-state index in [2.05, 4.69) is 16.7 Å². The molecule has 8 atom stereocenters. The van der Waals surface area contributed by atoms with Gasteiger partial charge in [-0.15, -0.1) is 0 Å². The van der Waals surface area contributed by atoms with Gasteiger partial charge in [-0.2, -0.15) is 0 Å². The first-order chi connectivity index (χ1) is 20.5. The van der Waals surface area contributed by atoms with Crippen molar-refractivity contribution in [2.75, 3.05) is 27.8 Å². The van der Waals surface area contributed by atoms with E-state index in [0.717, 1.165) is 32.1 Å². The van der Waals surface area contributed by atoms with E-state index in [-0.39, 0.29) is 47.6 Å². The average molecular weight is 620 g/mol. The quantitative estimate of drug-likeness (QED) is 0.225. The number of ether oxygens (including phenoxy) is 2. The first-order valence-corrected chi connectivity index (χ1v) is 16.3. The number of hydrogen-bond donors (Lipinski definition) is 3. The van der Waals surface area contributed by atoms with Gasteiger partial charge in [-0.25, -0.2) is 0 Å². The molecule has 1 saturated heterocycles. The van der Waals surface area contributed by atoms with Crippen molar-refractivity contribution in [3.05, 3.63) is 11.6 Å². The summed E-state index contributed by atoms with van der Waals surface area (Å²) < 4.78 is 11.8. The Morgan fingerprint density at radius 1 is 1.16 bits per heavy atom. The lowest BCUT2D eigenvalue weighted by Gasteiger charge is -2.41. The first-order valence-electron chi connectivity index (χ1n) is 16.3. The SMILES string of the molecule is CC[C@H](C)[C@@H]([C@@H](CC(=O)N1CCC[C@H]1[C@H](OC)[C@@H](C)C(=O)NC12CC=C1C2)OC)N(C)C(=O)[C@@H](NC(=O)C(C)(C)N)C(C)C. The van der Waals surface area contributed by atoms with Gasteiger partial charge in [0.05, 0.1) is 47.7 Å². The minimum atomic E-state index is -1.14. The summed E-state index contributed by atoms with van der Waals surface area (Å²) >= 11 is 0. The van der Waals surface area contributed by atoms with Gasteiger partial charge in [0.15, 0.2) is 0 Å². The van der Waals surface area contributed by atoms with Crippen molar-refractivity contribution in [3.63, 3.8) is 0 Å². The Morgan fingerprint density at radius 3 is 2.27 bits per heavy atom. The van der Waals surface area contributed by atoms with E-state index < -0.39 is 41.7 Å². The zero-order valence-corrected chi connectivity index (χ0v) is 28.6. The number of fused-ring (bicyclic) bond motifs is 1. The highest BCUT2D eigenvalue weighted by Gasteiger charge is 2.55. The number of likely N-dealkylation sites (N-methyl/N-ethyl adjacent to an activating group) is 1. The van der Waals surface area contributed by atoms with E-state index in [0.29, 0.717) is 6.54 Å². The Bertz CT molecular complexity index is 1100. The van der Waals surface area contributed by atoms with E-state index in [1.807, 2.05) is 39.5 Å². The van der Waals surface area contributed by atoms with Crippen LogP contribution in [0.1, 0.15) is 87.0 Å². The maximum Gasteiger partial charge on any atom is 0.245 e. The topological polar surface area (TPSA) is 143 Å². The summed E-state index contributed by atoms with van der Waals surface area (Å²) in [5.41, 5.74) is 6.04. The zero-order valence-electron chi connectivity index (χ0n) is 28.6. The third kappa shape index (κ3) is 7.65. The van der Waals surface area contributed by atoms with Crippen LogP contribution in [0.15, 0.2) is 11.6 Å². The molecule has 3 rings (SSSR count). The highest BCUT2D eigenvalue weighted by molar-refractivity contribution is 5.91. The number of nitrogens with two attached hydrogens (primary N) is 1. The van der Waals surface area contributed by atoms with Crippen molar-refractivity contribution in [3.8, 4) is 0 Å². The summed E-state index contributed by atoms with van der Waals surface area (Å²) in [5, 5.41) is 6.04. The molecular weight excluding hydrogens is 562 g/mol. The third-order valence-electron chi connectivity index (χ3n) is 10.1. The van der Waals surface area contributed by atoms with Gasteiger partial charge in [-0.1, -0.05) is 47.1 Å². The lowest BCUT2D eigenvalue weighted by atomic mass is 9.89. The molecule has 0 radical (unpaired) electrons. The number of carbonyl (C=O) groups excluding carboxylic acids is 4. The van der Waals surface area contributed by atoms with Crippen molar-refractivity contribution in [1.82, 2.24) is 20.4 Å². The van der Waals surface area contributed by atoms with Crippen LogP contribution >= 0.6 is 0 Å². The standard InChI is InChI=1S/C33H57N5O6/c1-11-20(4)27(37(8)30(41)26(19(2)3)35-31(42)32(6,7)34)24(43-9)17-25(39)38-16-12-13-23(38)28(44-10)21(5)29(40)36-33-15-14-22(33)18-33/h14,19-21,23-24,26-28H,11-13,15-18,34H2,1-10H3,(H,35,42)(H,36,40)/t20-,21+,23-,24+,26-,27-,28+,33?/m0/s1. The Hall–Kier alpha value is -2.50. The van der Waals surface area contributed by atoms with Crippen LogP contribution in [0, 0.1) is 17.8 Å². The smallest absolute Gasteiger partial charge is 0.245 e. The Labute approximate surface area is 264 Å². The largest absolute Gasteiger partial charge is 0.379 e. The molecule has 1 saturated carbocycles. The molecule has 44 heavy (non-hydrogen) atoms. The Morgan fingerprint density at radius 2 is 1.82 bits per heavy atom. The molecule has 0 aromatic heterocycles. The second-order valence-corrected chi connectivity index (χ2v) is 14.2. The van der Waals surface area contributed by atoms with E-state index in [1.54, 1.807) is 40.0 Å². The van der Waals surface area contributed by atoms with Crippen LogP contribution in [0.3, 0.4) is 0 Å². The molecule has 3 aliphatic rings. The Balaban J connectivity index is 1.75. The number of amides is 4. The third-order valence-corrected chi connectivity index (χ3v) is 10.1. The van der Waals surface area contributed by atoms with Gasteiger partial charge in [0.25, 0.3) is 0 Å². The fraction of sp³-hybridized carbons (Fsp3) is 0.818. The van der Waals surface area contributed by atoms with Gasteiger partial charge < -0.3 is 35.6 Å². The molecule has 2 fully saturated rings. The number of nitrogens with one attached hydrogen (secondary N) is 2. The van der Waals surface area contributed by atoms with Gasteiger partial charge >= 0.3 is 0 Å². The van der Waals surface area contributed by atoms with Gasteiger partial charge in [0, 0.05) is 27.8 Å². The molecule has 0 aromatic rings. The number of nitrogens with zero attached hydrogens (tertiary/aromatic N) is 2. The molecule has 4 amide bonds. The molecule has 1 heterocycles. The predicted molar refractivity (Wildman–Crippen MR) is 169 cm³/mol. The molecule has 0 spiro atoms. The highest BCUT2D eigenvalue weighted by atomic mass is 16.5. The monoisotopic (exact) mass is 619 g/mol. The summed E-state index contributed by atoms with van der Waals surface area (Å²) in [6.45, 7) is 13.5. The molecule has 1 unspecified atom stereocenters. The maximum atomic E-state index is 13.9. The number of methoxy groups -OCH3 is 2. The molecule has 0 aromatic carbocycles. The first kappa shape index (κ1) is 36.0. The molecular formula is C33H57N5O6. The summed E-state index contributed by atoms with van der Waals surface area (Å²) in [4.78, 5) is 57.2. The number of carbonyl (C=O) groups is 4. The lowest BCUT2D eigenvalue weighted by Crippen LogP contribution is -2.60. The van der Waals surface area contributed by atoms with Crippen LogP contribution < -0.4 is 16.4 Å². The second kappa shape index (κ2) is 14.3. The molecule has 1 aliphatic heterocycles. The van der Waals surface area contributed by atoms with E-state index in [9.17, 15) is 19.2 Å². The van der Waals surface area contributed by atoms with Gasteiger partial charge in [0.2, 0.25) is 23.6 Å². The average Bonchev–Trinajstić information content (AvgIpc) is 3.27. The van der Waals surface area contributed by atoms with E-state index in [4.69, 9.17) is 15.2 Å². The summed E-state index contributed by atoms with van der Waals surface area (Å²) in [7, 11) is 4.88. The van der Waals surface area contributed by atoms with Crippen molar-refractivity contribution in [2.24, 2.45) is 23.5 Å². The van der Waals surface area contributed by atoms with Gasteiger partial charge in [-0.05, 0) is 56.9 Å². The number of likely N-dealkylation sites (tertiary alicyclic amines) is 1. The van der Waals surface area contributed by atoms with Crippen LogP contribution in [-0.2, 0) is 28.7 Å². The molecule has 4 N–H and O–H groups in total. The molecule has 0 bridgehead atoms. The number of rotatable bonds is 16. The van der Waals surface area contributed by atoms with Crippen molar-refractivity contribution >= 4 is 23.6 Å². The van der Waals surface area contributed by atoms with Crippen LogP contribution in [0.25, 0.3) is 0 Å². The molecule has 11 heteroatoms. The maximum absolute atomic E-state index is 13.9. The van der Waals surface area contributed by atoms with Gasteiger partial charge in [0.1, 0.15) is 6.04 Å². The fourth-order valence-electron chi connectivity index (χ4n) is 6.81. The highest BCUT2D eigenvalue weighted by Crippen LogP contribution is 2.54. The van der Waals surface area contributed by atoms with Gasteiger partial charge in [-0.3, -0.25) is 19.2 Å². The van der Waals surface area contributed by atoms with Crippen LogP contribution in [0.2, 0.25) is 0 Å². The minimum absolute atomic E-state index is 0.00762. The summed E-state index contributed by atoms with van der Waals surface area (Å²) in [6, 6.07) is -1.44. The fourth-order valence-corrected chi connectivity index (χ4v) is 6.81. The van der Waals surface area contributed by atoms with Crippen molar-refractivity contribution < 1.29 is 28.7 Å². The van der Waals surface area contributed by atoms with Crippen molar-refractivity contribution in [2.45, 2.75) is 128 Å². The molecule has 11 nitrogen and oxygen atoms in total. The predicted octanol–water partition coefficient (Wildman–Crippen LogP) is 2.37. The number of hydrogen-bond acceptors (Lipinski definition) is 7. The lowest BCUT2D eigenvalue weighted by molar-refractivity contribution is -0.148. The minimum Gasteiger partial charge on any atom is -0.379 e.